The highest BCUT2D eigenvalue weighted by Gasteiger charge is 2.15. The average molecular weight is 298 g/mol. The fourth-order valence-corrected chi connectivity index (χ4v) is 2.29. The molecule has 7 heteroatoms. The molecule has 2 aromatic heterocycles. The van der Waals surface area contributed by atoms with E-state index in [2.05, 4.69) is 24.7 Å². The number of esters is 1. The van der Waals surface area contributed by atoms with Crippen LogP contribution in [0.25, 0.3) is 11.2 Å². The van der Waals surface area contributed by atoms with Crippen LogP contribution < -0.4 is 5.73 Å². The highest BCUT2D eigenvalue weighted by Crippen LogP contribution is 2.25. The van der Waals surface area contributed by atoms with Crippen molar-refractivity contribution in [2.45, 2.75) is 13.3 Å². The third kappa shape index (κ3) is 2.37. The summed E-state index contributed by atoms with van der Waals surface area (Å²) >= 11 is 0. The average Bonchev–Trinajstić information content (AvgIpc) is 2.99. The molecule has 7 nitrogen and oxygen atoms in total. The number of carbonyl (C=O) groups excluding carboxylic acids is 1. The Hall–Kier alpha value is -2.96. The van der Waals surface area contributed by atoms with Crippen LogP contribution in [-0.4, -0.2) is 28.4 Å². The summed E-state index contributed by atoms with van der Waals surface area (Å²) in [6, 6.07) is 7.15. The van der Waals surface area contributed by atoms with Gasteiger partial charge < -0.3 is 10.5 Å². The van der Waals surface area contributed by atoms with E-state index in [9.17, 15) is 4.79 Å². The Morgan fingerprint density at radius 1 is 1.27 bits per heavy atom. The fourth-order valence-electron chi connectivity index (χ4n) is 2.29. The highest BCUT2D eigenvalue weighted by atomic mass is 16.6. The van der Waals surface area contributed by atoms with Crippen LogP contribution in [0.15, 0.2) is 28.9 Å². The molecule has 1 aromatic carbocycles. The molecular formula is C15H14N4O3. The largest absolute Gasteiger partial charge is 0.465 e. The summed E-state index contributed by atoms with van der Waals surface area (Å²) in [5, 5.41) is 7.48. The number of ether oxygens (including phenoxy) is 1. The molecule has 0 atom stereocenters. The first-order chi connectivity index (χ1) is 10.6. The first-order valence-corrected chi connectivity index (χ1v) is 6.64. The number of fused-ring (bicyclic) bond motifs is 1. The number of benzene rings is 1. The molecule has 0 radical (unpaired) electrons. The van der Waals surface area contributed by atoms with Gasteiger partial charge in [0.25, 0.3) is 0 Å². The van der Waals surface area contributed by atoms with Crippen LogP contribution in [0, 0.1) is 6.92 Å². The normalized spacial score (nSPS) is 10.8. The summed E-state index contributed by atoms with van der Waals surface area (Å²) < 4.78 is 9.34. The zero-order valence-corrected chi connectivity index (χ0v) is 12.2. The standard InChI is InChI=1S/C15H14N4O3/c1-8-11(12(16)13-14(17-8)19-22-18-13)7-9-3-5-10(6-4-9)15(20)21-2/h3-6H,7,16H2,1-2H3. The molecule has 0 bridgehead atoms. The van der Waals surface area contributed by atoms with Crippen molar-refractivity contribution in [2.75, 3.05) is 12.8 Å². The highest BCUT2D eigenvalue weighted by molar-refractivity contribution is 5.89. The van der Waals surface area contributed by atoms with Crippen molar-refractivity contribution in [1.29, 1.82) is 0 Å². The summed E-state index contributed by atoms with van der Waals surface area (Å²) in [6.45, 7) is 1.86. The molecule has 0 aliphatic heterocycles. The van der Waals surface area contributed by atoms with Crippen LogP contribution in [0.1, 0.15) is 27.2 Å². The van der Waals surface area contributed by atoms with Crippen molar-refractivity contribution in [2.24, 2.45) is 0 Å². The second-order valence-corrected chi connectivity index (χ2v) is 4.89. The molecule has 2 N–H and O–H groups in total. The first kappa shape index (κ1) is 14.0. The molecule has 2 heterocycles. The van der Waals surface area contributed by atoms with Crippen LogP contribution in [0.2, 0.25) is 0 Å². The van der Waals surface area contributed by atoms with E-state index in [1.165, 1.54) is 7.11 Å². The molecular weight excluding hydrogens is 284 g/mol. The number of hydrogen-bond donors (Lipinski definition) is 1. The summed E-state index contributed by atoms with van der Waals surface area (Å²) in [6.07, 6.45) is 0.578. The Bertz CT molecular complexity index is 840. The molecule has 0 spiro atoms. The number of pyridine rings is 1. The number of nitrogen functional groups attached to an aromatic ring is 1. The van der Waals surface area contributed by atoms with Gasteiger partial charge in [-0.1, -0.05) is 12.1 Å². The minimum Gasteiger partial charge on any atom is -0.465 e. The van der Waals surface area contributed by atoms with Gasteiger partial charge in [0.2, 0.25) is 5.65 Å². The quantitative estimate of drug-likeness (QED) is 0.736. The number of aryl methyl sites for hydroxylation is 1. The van der Waals surface area contributed by atoms with E-state index in [1.54, 1.807) is 12.1 Å². The topological polar surface area (TPSA) is 104 Å². The molecule has 3 aromatic rings. The van der Waals surface area contributed by atoms with Gasteiger partial charge in [-0.2, -0.15) is 0 Å². The molecule has 0 saturated heterocycles. The van der Waals surface area contributed by atoms with Crippen LogP contribution >= 0.6 is 0 Å². The van der Waals surface area contributed by atoms with Gasteiger partial charge >= 0.3 is 5.97 Å². The second kappa shape index (κ2) is 5.44. The zero-order chi connectivity index (χ0) is 15.7. The van der Waals surface area contributed by atoms with E-state index in [0.717, 1.165) is 16.8 Å². The lowest BCUT2D eigenvalue weighted by Gasteiger charge is -2.09. The molecule has 0 aliphatic rings. The lowest BCUT2D eigenvalue weighted by Crippen LogP contribution is -2.04. The maximum Gasteiger partial charge on any atom is 0.337 e. The predicted octanol–water partition coefficient (Wildman–Crippen LogP) is 1.89. The molecule has 0 amide bonds. The molecule has 3 rings (SSSR count). The molecule has 0 fully saturated rings. The first-order valence-electron chi connectivity index (χ1n) is 6.64. The van der Waals surface area contributed by atoms with Crippen LogP contribution in [0.5, 0.6) is 0 Å². The minimum atomic E-state index is -0.362. The molecule has 22 heavy (non-hydrogen) atoms. The minimum absolute atomic E-state index is 0.362. The number of rotatable bonds is 3. The summed E-state index contributed by atoms with van der Waals surface area (Å²) in [4.78, 5) is 15.8. The van der Waals surface area contributed by atoms with Crippen molar-refractivity contribution in [1.82, 2.24) is 15.3 Å². The third-order valence-electron chi connectivity index (χ3n) is 3.52. The number of anilines is 1. The molecule has 0 unspecified atom stereocenters. The lowest BCUT2D eigenvalue weighted by molar-refractivity contribution is 0.0600. The molecule has 0 aliphatic carbocycles. The van der Waals surface area contributed by atoms with E-state index >= 15 is 0 Å². The van der Waals surface area contributed by atoms with Gasteiger partial charge in [-0.15, -0.1) is 0 Å². The number of nitrogens with two attached hydrogens (primary N) is 1. The summed E-state index contributed by atoms with van der Waals surface area (Å²) in [5.74, 6) is -0.362. The van der Waals surface area contributed by atoms with Gasteiger partial charge in [-0.05, 0) is 34.9 Å². The van der Waals surface area contributed by atoms with Crippen molar-refractivity contribution in [3.8, 4) is 0 Å². The van der Waals surface area contributed by atoms with Gasteiger partial charge in [0.15, 0.2) is 5.52 Å². The molecule has 112 valence electrons. The van der Waals surface area contributed by atoms with Gasteiger partial charge in [0.05, 0.1) is 18.4 Å². The summed E-state index contributed by atoms with van der Waals surface area (Å²) in [7, 11) is 1.35. The van der Waals surface area contributed by atoms with Gasteiger partial charge in [-0.3, -0.25) is 0 Å². The van der Waals surface area contributed by atoms with Crippen molar-refractivity contribution in [3.63, 3.8) is 0 Å². The van der Waals surface area contributed by atoms with Crippen molar-refractivity contribution >= 4 is 22.8 Å². The van der Waals surface area contributed by atoms with Crippen LogP contribution in [-0.2, 0) is 11.2 Å². The van der Waals surface area contributed by atoms with Crippen molar-refractivity contribution in [3.05, 3.63) is 46.6 Å². The Kier molecular flexibility index (Phi) is 3.46. The van der Waals surface area contributed by atoms with Crippen LogP contribution in [0.3, 0.4) is 0 Å². The second-order valence-electron chi connectivity index (χ2n) is 4.89. The Morgan fingerprint density at radius 3 is 2.68 bits per heavy atom. The zero-order valence-electron chi connectivity index (χ0n) is 12.2. The number of carbonyl (C=O) groups is 1. The number of methoxy groups -OCH3 is 1. The Balaban J connectivity index is 1.94. The SMILES string of the molecule is COC(=O)c1ccc(Cc2c(C)nc3nonc3c2N)cc1. The number of nitrogens with zero attached hydrogens (tertiary/aromatic N) is 3. The Morgan fingerprint density at radius 2 is 2.00 bits per heavy atom. The smallest absolute Gasteiger partial charge is 0.337 e. The number of hydrogen-bond acceptors (Lipinski definition) is 7. The van der Waals surface area contributed by atoms with E-state index in [4.69, 9.17) is 5.73 Å². The lowest BCUT2D eigenvalue weighted by atomic mass is 10.0. The fraction of sp³-hybridized carbons (Fsp3) is 0.200. The van der Waals surface area contributed by atoms with Crippen molar-refractivity contribution < 1.29 is 14.2 Å². The predicted molar refractivity (Wildman–Crippen MR) is 79.3 cm³/mol. The molecule has 0 saturated carbocycles. The van der Waals surface area contributed by atoms with Gasteiger partial charge in [0, 0.05) is 17.7 Å². The Labute approximate surface area is 126 Å². The van der Waals surface area contributed by atoms with E-state index in [-0.39, 0.29) is 5.97 Å². The maximum atomic E-state index is 11.4. The van der Waals surface area contributed by atoms with Gasteiger partial charge in [-0.25, -0.2) is 14.4 Å². The monoisotopic (exact) mass is 298 g/mol. The third-order valence-corrected chi connectivity index (χ3v) is 3.52. The van der Waals surface area contributed by atoms with E-state index in [1.807, 2.05) is 19.1 Å². The van der Waals surface area contributed by atoms with Crippen LogP contribution in [0.4, 0.5) is 5.69 Å². The van der Waals surface area contributed by atoms with E-state index in [0.29, 0.717) is 28.8 Å². The summed E-state index contributed by atoms with van der Waals surface area (Å²) in [5.41, 5.74) is 10.7. The maximum absolute atomic E-state index is 11.4. The van der Waals surface area contributed by atoms with Gasteiger partial charge in [0.1, 0.15) is 0 Å². The van der Waals surface area contributed by atoms with E-state index < -0.39 is 0 Å². The number of aromatic nitrogens is 3.